The van der Waals surface area contributed by atoms with Crippen LogP contribution in [-0.4, -0.2) is 36.0 Å². The fourth-order valence-corrected chi connectivity index (χ4v) is 6.10. The maximum Gasteiger partial charge on any atom is 0.416 e. The van der Waals surface area contributed by atoms with Crippen LogP contribution in [0.3, 0.4) is 0 Å². The van der Waals surface area contributed by atoms with Gasteiger partial charge in [0.25, 0.3) is 0 Å². The first-order valence-electron chi connectivity index (χ1n) is 12.6. The highest BCUT2D eigenvalue weighted by Gasteiger charge is 2.56. The first kappa shape index (κ1) is 29.9. The number of rotatable bonds is 2. The van der Waals surface area contributed by atoms with Crippen molar-refractivity contribution in [3.63, 3.8) is 0 Å². The van der Waals surface area contributed by atoms with Crippen LogP contribution in [0.2, 0.25) is 0 Å². The van der Waals surface area contributed by atoms with E-state index in [9.17, 15) is 53.1 Å². The average Bonchev–Trinajstić information content (AvgIpc) is 2.90. The Morgan fingerprint density at radius 1 is 0.833 bits per heavy atom. The molecular formula is C28H20F11NO2. The van der Waals surface area contributed by atoms with Crippen LogP contribution in [0.4, 0.5) is 53.1 Å². The molecule has 2 fully saturated rings. The molecule has 42 heavy (non-hydrogen) atoms. The van der Waals surface area contributed by atoms with Gasteiger partial charge in [-0.25, -0.2) is 13.6 Å². The molecular weight excluding hydrogens is 591 g/mol. The van der Waals surface area contributed by atoms with Crippen LogP contribution in [-0.2, 0) is 10.9 Å². The molecule has 1 amide bonds. The Bertz CT molecular complexity index is 1470. The summed E-state index contributed by atoms with van der Waals surface area (Å²) in [6.07, 6.45) is -16.9. The standard InChI is InChI=1S/C28H20F11NO2/c29-17-5-7-21(30)19(10-17)18-6-4-14(26(31,32)33)9-20(18)22-2-1-3-23-25(13-42-24(41)40(22)23)11-15(27(34,35)36)8-16(12-25)28(37,38)39/h4-11,22-23H,1-3,12-13H2/t22-,23-,25?/m0/s1. The highest BCUT2D eigenvalue weighted by Crippen LogP contribution is 2.54. The number of piperidine rings is 1. The fraction of sp³-hybridized carbons (Fsp3) is 0.393. The van der Waals surface area contributed by atoms with Crippen molar-refractivity contribution in [3.05, 3.63) is 82.5 Å². The van der Waals surface area contributed by atoms with Crippen molar-refractivity contribution in [2.24, 2.45) is 5.41 Å². The van der Waals surface area contributed by atoms with Crippen LogP contribution < -0.4 is 0 Å². The number of amides is 1. The molecule has 2 aromatic carbocycles. The zero-order chi connectivity index (χ0) is 30.8. The molecule has 3 atom stereocenters. The third-order valence-electron chi connectivity index (χ3n) is 7.91. The Balaban J connectivity index is 1.68. The number of nitrogens with zero attached hydrogens (tertiary/aromatic N) is 1. The Labute approximate surface area is 231 Å². The smallest absolute Gasteiger partial charge is 0.416 e. The number of carbonyl (C=O) groups is 1. The SMILES string of the molecule is O=C1OCC2(C=C(C(F)(F)F)C=C(C(F)(F)F)C2)[C@@H]2CCC[C@@H](c3cc(C(F)(F)F)ccc3-c3cc(F)ccc3F)N12. The van der Waals surface area contributed by atoms with Crippen LogP contribution in [0.5, 0.6) is 0 Å². The number of halogens is 11. The Morgan fingerprint density at radius 3 is 2.19 bits per heavy atom. The third kappa shape index (κ3) is 5.35. The van der Waals surface area contributed by atoms with Crippen LogP contribution in [0.15, 0.2) is 59.7 Å². The van der Waals surface area contributed by atoms with Gasteiger partial charge < -0.3 is 4.74 Å². The van der Waals surface area contributed by atoms with E-state index in [4.69, 9.17) is 4.74 Å². The van der Waals surface area contributed by atoms with Crippen LogP contribution in [0.25, 0.3) is 11.1 Å². The number of hydrogen-bond acceptors (Lipinski definition) is 2. The molecule has 2 heterocycles. The molecule has 1 aliphatic carbocycles. The second kappa shape index (κ2) is 10.0. The van der Waals surface area contributed by atoms with Gasteiger partial charge in [0.05, 0.1) is 17.2 Å². The predicted molar refractivity (Wildman–Crippen MR) is 126 cm³/mol. The summed E-state index contributed by atoms with van der Waals surface area (Å²) < 4.78 is 158. The largest absolute Gasteiger partial charge is 0.448 e. The maximum absolute atomic E-state index is 14.8. The van der Waals surface area contributed by atoms with Gasteiger partial charge in [0.15, 0.2) is 0 Å². The number of alkyl halides is 9. The number of hydrogen-bond donors (Lipinski definition) is 0. The van der Waals surface area contributed by atoms with Gasteiger partial charge in [-0.2, -0.15) is 39.5 Å². The van der Waals surface area contributed by atoms with E-state index in [1.54, 1.807) is 0 Å². The zero-order valence-corrected chi connectivity index (χ0v) is 21.2. The third-order valence-corrected chi connectivity index (χ3v) is 7.91. The van der Waals surface area contributed by atoms with Gasteiger partial charge in [-0.1, -0.05) is 12.1 Å². The lowest BCUT2D eigenvalue weighted by molar-refractivity contribution is -0.137. The van der Waals surface area contributed by atoms with Gasteiger partial charge in [0.1, 0.15) is 18.2 Å². The summed E-state index contributed by atoms with van der Waals surface area (Å²) in [4.78, 5) is 14.0. The molecule has 3 nitrogen and oxygen atoms in total. The maximum atomic E-state index is 14.8. The molecule has 2 saturated heterocycles. The normalized spacial score (nSPS) is 25.1. The second-order valence-electron chi connectivity index (χ2n) is 10.5. The quantitative estimate of drug-likeness (QED) is 0.317. The van der Waals surface area contributed by atoms with Gasteiger partial charge in [-0.15, -0.1) is 0 Å². The lowest BCUT2D eigenvalue weighted by Crippen LogP contribution is -2.60. The highest BCUT2D eigenvalue weighted by atomic mass is 19.4. The summed E-state index contributed by atoms with van der Waals surface area (Å²) in [5.74, 6) is -1.93. The molecule has 1 spiro atoms. The molecule has 226 valence electrons. The number of ether oxygens (including phenoxy) is 1. The molecule has 2 aliphatic heterocycles. The summed E-state index contributed by atoms with van der Waals surface area (Å²) >= 11 is 0. The number of benzene rings is 2. The average molecular weight is 611 g/mol. The number of cyclic esters (lactones) is 1. The van der Waals surface area contributed by atoms with Crippen LogP contribution in [0.1, 0.15) is 42.9 Å². The van der Waals surface area contributed by atoms with Crippen molar-refractivity contribution in [3.8, 4) is 11.1 Å². The minimum atomic E-state index is -5.19. The molecule has 0 N–H and O–H groups in total. The van der Waals surface area contributed by atoms with E-state index in [2.05, 4.69) is 0 Å². The van der Waals surface area contributed by atoms with E-state index in [-0.39, 0.29) is 36.5 Å². The summed E-state index contributed by atoms with van der Waals surface area (Å²) in [7, 11) is 0. The number of allylic oxidation sites excluding steroid dienone is 3. The van der Waals surface area contributed by atoms with Crippen molar-refractivity contribution in [1.82, 2.24) is 4.90 Å². The molecule has 0 saturated carbocycles. The number of fused-ring (bicyclic) bond motifs is 2. The van der Waals surface area contributed by atoms with E-state index in [0.29, 0.717) is 18.2 Å². The summed E-state index contributed by atoms with van der Waals surface area (Å²) in [5, 5.41) is 0. The fourth-order valence-electron chi connectivity index (χ4n) is 6.10. The van der Waals surface area contributed by atoms with E-state index in [0.717, 1.165) is 29.2 Å². The summed E-state index contributed by atoms with van der Waals surface area (Å²) in [6, 6.07) is 1.67. The highest BCUT2D eigenvalue weighted by molar-refractivity contribution is 5.74. The second-order valence-corrected chi connectivity index (χ2v) is 10.5. The summed E-state index contributed by atoms with van der Waals surface area (Å²) in [6.45, 7) is -0.833. The Kier molecular flexibility index (Phi) is 7.12. The van der Waals surface area contributed by atoms with Crippen molar-refractivity contribution in [1.29, 1.82) is 0 Å². The van der Waals surface area contributed by atoms with Crippen molar-refractivity contribution in [2.75, 3.05) is 6.61 Å². The minimum absolute atomic E-state index is 0.00996. The molecule has 1 unspecified atom stereocenters. The number of carbonyl (C=O) groups excluding carboxylic acids is 1. The van der Waals surface area contributed by atoms with Crippen molar-refractivity contribution < 1.29 is 57.8 Å². The molecule has 14 heteroatoms. The Hall–Kier alpha value is -3.58. The van der Waals surface area contributed by atoms with E-state index < -0.39 is 89.1 Å². The molecule has 2 aromatic rings. The summed E-state index contributed by atoms with van der Waals surface area (Å²) in [5.41, 5.74) is -7.32. The van der Waals surface area contributed by atoms with E-state index in [1.807, 2.05) is 0 Å². The monoisotopic (exact) mass is 611 g/mol. The molecule has 3 aliphatic rings. The van der Waals surface area contributed by atoms with Gasteiger partial charge in [0, 0.05) is 22.6 Å². The van der Waals surface area contributed by atoms with Gasteiger partial charge >= 0.3 is 24.6 Å². The Morgan fingerprint density at radius 2 is 1.55 bits per heavy atom. The molecule has 5 rings (SSSR count). The minimum Gasteiger partial charge on any atom is -0.448 e. The predicted octanol–water partition coefficient (Wildman–Crippen LogP) is 9.06. The van der Waals surface area contributed by atoms with Gasteiger partial charge in [0.2, 0.25) is 0 Å². The zero-order valence-electron chi connectivity index (χ0n) is 21.2. The molecule has 0 bridgehead atoms. The molecule has 0 aromatic heterocycles. The van der Waals surface area contributed by atoms with Gasteiger partial charge in [-0.3, -0.25) is 4.90 Å². The molecule has 0 radical (unpaired) electrons. The van der Waals surface area contributed by atoms with Crippen LogP contribution >= 0.6 is 0 Å². The first-order chi connectivity index (χ1) is 19.4. The first-order valence-corrected chi connectivity index (χ1v) is 12.6. The van der Waals surface area contributed by atoms with Crippen molar-refractivity contribution in [2.45, 2.75) is 56.3 Å². The lowest BCUT2D eigenvalue weighted by atomic mass is 9.66. The van der Waals surface area contributed by atoms with E-state index in [1.165, 1.54) is 0 Å². The van der Waals surface area contributed by atoms with E-state index >= 15 is 0 Å². The lowest BCUT2D eigenvalue weighted by Gasteiger charge is -2.54. The topological polar surface area (TPSA) is 29.5 Å². The van der Waals surface area contributed by atoms with Crippen LogP contribution in [0, 0.1) is 17.0 Å². The van der Waals surface area contributed by atoms with Crippen molar-refractivity contribution >= 4 is 6.09 Å². The van der Waals surface area contributed by atoms with Gasteiger partial charge in [-0.05, 0) is 73.2 Å².